The van der Waals surface area contributed by atoms with Gasteiger partial charge in [0, 0.05) is 22.5 Å². The average molecular weight is 370 g/mol. The van der Waals surface area contributed by atoms with Crippen molar-refractivity contribution in [3.05, 3.63) is 65.4 Å². The molecule has 0 saturated heterocycles. The zero-order chi connectivity index (χ0) is 19.7. The second-order valence-corrected chi connectivity index (χ2v) is 9.59. The minimum atomic E-state index is 0.129. The van der Waals surface area contributed by atoms with Crippen LogP contribution in [0.3, 0.4) is 0 Å². The summed E-state index contributed by atoms with van der Waals surface area (Å²) < 4.78 is 6.53. The van der Waals surface area contributed by atoms with Gasteiger partial charge < -0.3 is 4.42 Å². The van der Waals surface area contributed by atoms with E-state index in [1.54, 1.807) is 0 Å². The summed E-state index contributed by atoms with van der Waals surface area (Å²) in [6, 6.07) is 14.8. The Morgan fingerprint density at radius 3 is 2.36 bits per heavy atom. The fraction of sp³-hybridized carbons (Fsp3) is 0.346. The summed E-state index contributed by atoms with van der Waals surface area (Å²) in [5.74, 6) is 0. The molecule has 2 aromatic carbocycles. The minimum absolute atomic E-state index is 0.129. The monoisotopic (exact) mass is 369 g/mol. The van der Waals surface area contributed by atoms with Gasteiger partial charge in [0.1, 0.15) is 11.3 Å². The summed E-state index contributed by atoms with van der Waals surface area (Å²) in [5.41, 5.74) is 8.42. The number of hydrogen-bond acceptors (Lipinski definition) is 2. The molecule has 1 aliphatic rings. The van der Waals surface area contributed by atoms with E-state index in [4.69, 9.17) is 4.42 Å². The van der Waals surface area contributed by atoms with E-state index >= 15 is 0 Å². The van der Waals surface area contributed by atoms with Crippen molar-refractivity contribution in [1.82, 2.24) is 4.98 Å². The van der Waals surface area contributed by atoms with Gasteiger partial charge in [-0.3, -0.25) is 4.98 Å². The lowest BCUT2D eigenvalue weighted by Crippen LogP contribution is -2.34. The van der Waals surface area contributed by atoms with Crippen LogP contribution < -0.4 is 0 Å². The lowest BCUT2D eigenvalue weighted by Gasteiger charge is -2.42. The Bertz CT molecular complexity index is 1210. The van der Waals surface area contributed by atoms with E-state index < -0.39 is 0 Å². The van der Waals surface area contributed by atoms with E-state index in [0.29, 0.717) is 0 Å². The molecule has 0 N–H and O–H groups in total. The number of furan rings is 1. The average Bonchev–Trinajstić information content (AvgIpc) is 3.06. The SMILES string of the molecule is Cc1cc2c(c3c1oc1c(-c4ccccc4)nccc13)C(C)(C)CCC2(C)C. The van der Waals surface area contributed by atoms with Gasteiger partial charge in [-0.2, -0.15) is 0 Å². The molecule has 2 aromatic heterocycles. The molecular weight excluding hydrogens is 342 g/mol. The fourth-order valence-corrected chi connectivity index (χ4v) is 4.96. The van der Waals surface area contributed by atoms with Crippen LogP contribution in [0, 0.1) is 6.92 Å². The largest absolute Gasteiger partial charge is 0.453 e. The van der Waals surface area contributed by atoms with E-state index in [1.807, 2.05) is 12.3 Å². The number of benzene rings is 2. The Morgan fingerprint density at radius 1 is 0.893 bits per heavy atom. The fourth-order valence-electron chi connectivity index (χ4n) is 4.96. The molecule has 5 rings (SSSR count). The zero-order valence-corrected chi connectivity index (χ0v) is 17.4. The predicted molar refractivity (Wildman–Crippen MR) is 117 cm³/mol. The van der Waals surface area contributed by atoms with Crippen LogP contribution in [0.2, 0.25) is 0 Å². The number of nitrogens with zero attached hydrogens (tertiary/aromatic N) is 1. The third-order valence-corrected chi connectivity index (χ3v) is 6.67. The van der Waals surface area contributed by atoms with Gasteiger partial charge in [-0.1, -0.05) is 64.1 Å². The van der Waals surface area contributed by atoms with Crippen LogP contribution in [0.15, 0.2) is 53.1 Å². The summed E-state index contributed by atoms with van der Waals surface area (Å²) in [6.07, 6.45) is 4.33. The highest BCUT2D eigenvalue weighted by Crippen LogP contribution is 2.51. The zero-order valence-electron chi connectivity index (χ0n) is 17.4. The quantitative estimate of drug-likeness (QED) is 0.352. The van der Waals surface area contributed by atoms with E-state index in [9.17, 15) is 0 Å². The molecule has 0 amide bonds. The summed E-state index contributed by atoms with van der Waals surface area (Å²) >= 11 is 0. The maximum Gasteiger partial charge on any atom is 0.161 e. The van der Waals surface area contributed by atoms with Crippen molar-refractivity contribution in [1.29, 1.82) is 0 Å². The Labute approximate surface area is 166 Å². The number of hydrogen-bond donors (Lipinski definition) is 0. The highest BCUT2D eigenvalue weighted by atomic mass is 16.3. The number of rotatable bonds is 1. The van der Waals surface area contributed by atoms with Crippen LogP contribution >= 0.6 is 0 Å². The van der Waals surface area contributed by atoms with Crippen molar-refractivity contribution in [3.63, 3.8) is 0 Å². The Morgan fingerprint density at radius 2 is 1.61 bits per heavy atom. The topological polar surface area (TPSA) is 26.0 Å². The van der Waals surface area contributed by atoms with Gasteiger partial charge in [-0.05, 0) is 53.4 Å². The van der Waals surface area contributed by atoms with Crippen molar-refractivity contribution >= 4 is 21.9 Å². The van der Waals surface area contributed by atoms with Gasteiger partial charge in [0.2, 0.25) is 0 Å². The third-order valence-electron chi connectivity index (χ3n) is 6.67. The van der Waals surface area contributed by atoms with Crippen LogP contribution in [0.1, 0.15) is 57.2 Å². The van der Waals surface area contributed by atoms with E-state index in [0.717, 1.165) is 22.4 Å². The standard InChI is InChI=1S/C26H27NO/c1-16-15-19-21(26(4,5)13-12-25(19,2)3)20-18-11-14-27-22(24(18)28-23(16)20)17-9-7-6-8-10-17/h6-11,14-15H,12-13H2,1-5H3. The summed E-state index contributed by atoms with van der Waals surface area (Å²) in [7, 11) is 0. The number of aromatic nitrogens is 1. The minimum Gasteiger partial charge on any atom is -0.453 e. The van der Waals surface area contributed by atoms with Gasteiger partial charge in [0.05, 0.1) is 0 Å². The summed E-state index contributed by atoms with van der Waals surface area (Å²) in [4.78, 5) is 4.69. The molecule has 0 saturated carbocycles. The van der Waals surface area contributed by atoms with E-state index in [2.05, 4.69) is 76.0 Å². The van der Waals surface area contributed by atoms with E-state index in [1.165, 1.54) is 40.3 Å². The Kier molecular flexibility index (Phi) is 3.56. The summed E-state index contributed by atoms with van der Waals surface area (Å²) in [6.45, 7) is 11.7. The van der Waals surface area contributed by atoms with Crippen molar-refractivity contribution in [2.75, 3.05) is 0 Å². The number of fused-ring (bicyclic) bond motifs is 5. The van der Waals surface area contributed by atoms with Crippen molar-refractivity contribution in [2.45, 2.75) is 58.3 Å². The van der Waals surface area contributed by atoms with Crippen LogP contribution in [-0.4, -0.2) is 4.98 Å². The number of aryl methyl sites for hydroxylation is 1. The smallest absolute Gasteiger partial charge is 0.161 e. The molecule has 2 heteroatoms. The molecule has 1 aliphatic carbocycles. The lowest BCUT2D eigenvalue weighted by molar-refractivity contribution is 0.334. The maximum absolute atomic E-state index is 6.53. The summed E-state index contributed by atoms with van der Waals surface area (Å²) in [5, 5.41) is 2.48. The van der Waals surface area contributed by atoms with Gasteiger partial charge in [0.15, 0.2) is 5.58 Å². The third kappa shape index (κ3) is 2.37. The van der Waals surface area contributed by atoms with Crippen LogP contribution in [0.25, 0.3) is 33.2 Å². The molecule has 0 atom stereocenters. The molecule has 4 aromatic rings. The van der Waals surface area contributed by atoms with Crippen LogP contribution in [0.4, 0.5) is 0 Å². The first-order valence-corrected chi connectivity index (χ1v) is 10.2. The maximum atomic E-state index is 6.53. The molecule has 0 spiro atoms. The molecule has 2 heterocycles. The second kappa shape index (κ2) is 5.70. The van der Waals surface area contributed by atoms with Gasteiger partial charge in [-0.25, -0.2) is 0 Å². The second-order valence-electron chi connectivity index (χ2n) is 9.59. The molecule has 0 fully saturated rings. The molecule has 0 unspecified atom stereocenters. The molecule has 0 bridgehead atoms. The molecule has 28 heavy (non-hydrogen) atoms. The molecule has 142 valence electrons. The Balaban J connectivity index is 1.96. The number of pyridine rings is 1. The highest BCUT2D eigenvalue weighted by molar-refractivity contribution is 6.11. The van der Waals surface area contributed by atoms with Gasteiger partial charge in [-0.15, -0.1) is 0 Å². The first-order chi connectivity index (χ1) is 13.3. The molecule has 0 aliphatic heterocycles. The first kappa shape index (κ1) is 17.5. The lowest BCUT2D eigenvalue weighted by atomic mass is 9.62. The van der Waals surface area contributed by atoms with E-state index in [-0.39, 0.29) is 10.8 Å². The van der Waals surface area contributed by atoms with Crippen LogP contribution in [0.5, 0.6) is 0 Å². The molecule has 2 nitrogen and oxygen atoms in total. The van der Waals surface area contributed by atoms with Gasteiger partial charge >= 0.3 is 0 Å². The normalized spacial score (nSPS) is 17.8. The van der Waals surface area contributed by atoms with Crippen molar-refractivity contribution < 1.29 is 4.42 Å². The first-order valence-electron chi connectivity index (χ1n) is 10.2. The highest BCUT2D eigenvalue weighted by Gasteiger charge is 2.39. The Hall–Kier alpha value is -2.61. The van der Waals surface area contributed by atoms with Gasteiger partial charge in [0.25, 0.3) is 0 Å². The van der Waals surface area contributed by atoms with Crippen molar-refractivity contribution in [3.8, 4) is 11.3 Å². The van der Waals surface area contributed by atoms with Crippen LogP contribution in [-0.2, 0) is 10.8 Å². The molecule has 0 radical (unpaired) electrons. The predicted octanol–water partition coefficient (Wildman–Crippen LogP) is 7.31. The van der Waals surface area contributed by atoms with Crippen molar-refractivity contribution in [2.24, 2.45) is 0 Å². The molecular formula is C26H27NO.